The maximum Gasteiger partial charge on any atom is 0.126 e. The summed E-state index contributed by atoms with van der Waals surface area (Å²) in [5.74, 6) is 0.682. The molecule has 3 nitrogen and oxygen atoms in total. The normalized spacial score (nSPS) is 11.2. The fraction of sp³-hybridized carbons (Fsp3) is 0.417. The molecule has 0 fully saturated rings. The van der Waals surface area contributed by atoms with Crippen LogP contribution in [0.3, 0.4) is 0 Å². The van der Waals surface area contributed by atoms with Crippen LogP contribution in [0.15, 0.2) is 29.2 Å². The van der Waals surface area contributed by atoms with Crippen molar-refractivity contribution in [2.45, 2.75) is 20.4 Å². The van der Waals surface area contributed by atoms with E-state index in [0.717, 1.165) is 23.7 Å². The zero-order valence-electron chi connectivity index (χ0n) is 9.56. The minimum atomic E-state index is 0.682. The first-order chi connectivity index (χ1) is 7.75. The van der Waals surface area contributed by atoms with Crippen LogP contribution in [0.2, 0.25) is 0 Å². The molecule has 2 rings (SSSR count). The van der Waals surface area contributed by atoms with Gasteiger partial charge in [0, 0.05) is 23.2 Å². The fourth-order valence-corrected chi connectivity index (χ4v) is 2.26. The lowest BCUT2D eigenvalue weighted by Gasteiger charge is -2.04. The van der Waals surface area contributed by atoms with Gasteiger partial charge in [-0.05, 0) is 18.5 Å². The van der Waals surface area contributed by atoms with Crippen LogP contribution < -0.4 is 5.32 Å². The van der Waals surface area contributed by atoms with E-state index in [0.29, 0.717) is 5.92 Å². The lowest BCUT2D eigenvalue weighted by Crippen LogP contribution is -2.18. The Labute approximate surface area is 99.5 Å². The number of rotatable bonds is 5. The summed E-state index contributed by atoms with van der Waals surface area (Å²) in [5, 5.41) is 4.43. The van der Waals surface area contributed by atoms with Gasteiger partial charge in [-0.25, -0.2) is 4.98 Å². The number of nitrogens with one attached hydrogen (secondary N) is 1. The van der Waals surface area contributed by atoms with Gasteiger partial charge >= 0.3 is 0 Å². The van der Waals surface area contributed by atoms with Crippen LogP contribution in [0.1, 0.15) is 18.7 Å². The number of nitrogens with zero attached hydrogens (tertiary/aromatic N) is 1. The van der Waals surface area contributed by atoms with E-state index in [-0.39, 0.29) is 0 Å². The van der Waals surface area contributed by atoms with Gasteiger partial charge < -0.3 is 9.73 Å². The molecule has 0 atom stereocenters. The van der Waals surface area contributed by atoms with Crippen molar-refractivity contribution >= 4 is 11.3 Å². The summed E-state index contributed by atoms with van der Waals surface area (Å²) in [6, 6.07) is 1.93. The lowest BCUT2D eigenvalue weighted by molar-refractivity contribution is 0.554. The summed E-state index contributed by atoms with van der Waals surface area (Å²) in [7, 11) is 0. The molecular weight excluding hydrogens is 220 g/mol. The molecule has 0 amide bonds. The fourth-order valence-electron chi connectivity index (χ4n) is 1.39. The van der Waals surface area contributed by atoms with E-state index in [9.17, 15) is 0 Å². The second-order valence-electron chi connectivity index (χ2n) is 4.17. The zero-order chi connectivity index (χ0) is 11.4. The molecule has 0 bridgehead atoms. The number of hydrogen-bond acceptors (Lipinski definition) is 4. The van der Waals surface area contributed by atoms with E-state index in [1.165, 1.54) is 4.88 Å². The second kappa shape index (κ2) is 5.27. The third-order valence-corrected chi connectivity index (χ3v) is 3.22. The topological polar surface area (TPSA) is 38.1 Å². The van der Waals surface area contributed by atoms with Crippen molar-refractivity contribution < 1.29 is 4.42 Å². The van der Waals surface area contributed by atoms with Gasteiger partial charge in [-0.3, -0.25) is 0 Å². The van der Waals surface area contributed by atoms with Crippen molar-refractivity contribution in [2.24, 2.45) is 5.92 Å². The molecule has 86 valence electrons. The van der Waals surface area contributed by atoms with Crippen LogP contribution in [0.4, 0.5) is 0 Å². The molecule has 0 aliphatic rings. The molecule has 0 saturated carbocycles. The van der Waals surface area contributed by atoms with Gasteiger partial charge in [-0.2, -0.15) is 0 Å². The summed E-state index contributed by atoms with van der Waals surface area (Å²) in [5.41, 5.74) is 1.06. The van der Waals surface area contributed by atoms with Crippen LogP contribution in [-0.4, -0.2) is 11.5 Å². The van der Waals surface area contributed by atoms with Crippen molar-refractivity contribution in [3.05, 3.63) is 29.7 Å². The van der Waals surface area contributed by atoms with Gasteiger partial charge in [0.15, 0.2) is 0 Å². The molecule has 0 spiro atoms. The van der Waals surface area contributed by atoms with E-state index < -0.39 is 0 Å². The van der Waals surface area contributed by atoms with Crippen LogP contribution >= 0.6 is 11.3 Å². The van der Waals surface area contributed by atoms with Gasteiger partial charge in [-0.15, -0.1) is 11.3 Å². The number of furan rings is 1. The van der Waals surface area contributed by atoms with Crippen molar-refractivity contribution in [3.8, 4) is 10.6 Å². The molecule has 2 heterocycles. The highest BCUT2D eigenvalue weighted by atomic mass is 32.1. The number of hydrogen-bond donors (Lipinski definition) is 1. The smallest absolute Gasteiger partial charge is 0.126 e. The first-order valence-electron chi connectivity index (χ1n) is 5.43. The van der Waals surface area contributed by atoms with Crippen molar-refractivity contribution in [3.63, 3.8) is 0 Å². The van der Waals surface area contributed by atoms with Gasteiger partial charge in [0.05, 0.1) is 6.26 Å². The van der Waals surface area contributed by atoms with E-state index >= 15 is 0 Å². The van der Waals surface area contributed by atoms with Crippen LogP contribution in [-0.2, 0) is 6.54 Å². The summed E-state index contributed by atoms with van der Waals surface area (Å²) in [6.45, 7) is 6.35. The Kier molecular flexibility index (Phi) is 3.74. The Balaban J connectivity index is 1.93. The third kappa shape index (κ3) is 2.93. The standard InChI is InChI=1S/C12H16N2OS/c1-9(2)5-13-6-11-7-14-12(16-11)10-3-4-15-8-10/h3-4,7-9,13H,5-6H2,1-2H3. The van der Waals surface area contributed by atoms with E-state index in [1.807, 2.05) is 12.3 Å². The maximum absolute atomic E-state index is 5.04. The van der Waals surface area contributed by atoms with Gasteiger partial charge in [0.2, 0.25) is 0 Å². The predicted octanol–water partition coefficient (Wildman–Crippen LogP) is 3.15. The Morgan fingerprint density at radius 3 is 3.06 bits per heavy atom. The SMILES string of the molecule is CC(C)CNCc1cnc(-c2ccoc2)s1. The summed E-state index contributed by atoms with van der Waals surface area (Å²) in [4.78, 5) is 5.64. The molecule has 0 unspecified atom stereocenters. The Morgan fingerprint density at radius 1 is 1.50 bits per heavy atom. The molecule has 0 saturated heterocycles. The molecule has 4 heteroatoms. The average molecular weight is 236 g/mol. The highest BCUT2D eigenvalue weighted by molar-refractivity contribution is 7.15. The Morgan fingerprint density at radius 2 is 2.38 bits per heavy atom. The monoisotopic (exact) mass is 236 g/mol. The first-order valence-corrected chi connectivity index (χ1v) is 6.25. The highest BCUT2D eigenvalue weighted by Crippen LogP contribution is 2.25. The third-order valence-electron chi connectivity index (χ3n) is 2.17. The molecular formula is C12H16N2OS. The molecule has 2 aromatic rings. The average Bonchev–Trinajstić information content (AvgIpc) is 2.85. The van der Waals surface area contributed by atoms with Gasteiger partial charge in [-0.1, -0.05) is 13.8 Å². The molecule has 0 aromatic carbocycles. The maximum atomic E-state index is 5.04. The van der Waals surface area contributed by atoms with Crippen molar-refractivity contribution in [1.82, 2.24) is 10.3 Å². The van der Waals surface area contributed by atoms with E-state index in [1.54, 1.807) is 23.9 Å². The quantitative estimate of drug-likeness (QED) is 0.866. The van der Waals surface area contributed by atoms with Gasteiger partial charge in [0.25, 0.3) is 0 Å². The molecule has 2 aromatic heterocycles. The van der Waals surface area contributed by atoms with Crippen molar-refractivity contribution in [2.75, 3.05) is 6.54 Å². The highest BCUT2D eigenvalue weighted by Gasteiger charge is 2.05. The molecule has 0 aliphatic carbocycles. The van der Waals surface area contributed by atoms with Crippen LogP contribution in [0.5, 0.6) is 0 Å². The molecule has 16 heavy (non-hydrogen) atoms. The summed E-state index contributed by atoms with van der Waals surface area (Å²) >= 11 is 1.71. The molecule has 0 aliphatic heterocycles. The van der Waals surface area contributed by atoms with E-state index in [4.69, 9.17) is 4.42 Å². The molecule has 1 N–H and O–H groups in total. The summed E-state index contributed by atoms with van der Waals surface area (Å²) < 4.78 is 5.04. The first kappa shape index (κ1) is 11.4. The Bertz CT molecular complexity index is 420. The van der Waals surface area contributed by atoms with Crippen LogP contribution in [0.25, 0.3) is 10.6 Å². The number of thiazole rings is 1. The minimum absolute atomic E-state index is 0.682. The van der Waals surface area contributed by atoms with Crippen molar-refractivity contribution in [1.29, 1.82) is 0 Å². The molecule has 0 radical (unpaired) electrons. The predicted molar refractivity (Wildman–Crippen MR) is 66.4 cm³/mol. The second-order valence-corrected chi connectivity index (χ2v) is 5.28. The summed E-state index contributed by atoms with van der Waals surface area (Å²) in [6.07, 6.45) is 5.33. The largest absolute Gasteiger partial charge is 0.472 e. The van der Waals surface area contributed by atoms with Crippen LogP contribution in [0, 0.1) is 5.92 Å². The Hall–Kier alpha value is -1.13. The van der Waals surface area contributed by atoms with Gasteiger partial charge in [0.1, 0.15) is 11.3 Å². The lowest BCUT2D eigenvalue weighted by atomic mass is 10.2. The zero-order valence-corrected chi connectivity index (χ0v) is 10.4. The van der Waals surface area contributed by atoms with E-state index in [2.05, 4.69) is 24.1 Å². The number of aromatic nitrogens is 1. The minimum Gasteiger partial charge on any atom is -0.472 e.